The van der Waals surface area contributed by atoms with Gasteiger partial charge in [-0.3, -0.25) is 4.79 Å². The quantitative estimate of drug-likeness (QED) is 0.796. The number of methoxy groups -OCH3 is 1. The lowest BCUT2D eigenvalue weighted by Gasteiger charge is -2.05. The maximum absolute atomic E-state index is 11.6. The number of carbonyl (C=O) groups excluding carboxylic acids is 1. The first-order chi connectivity index (χ1) is 11.1. The lowest BCUT2D eigenvalue weighted by molar-refractivity contribution is 0.100. The summed E-state index contributed by atoms with van der Waals surface area (Å²) in [7, 11) is 1.56. The van der Waals surface area contributed by atoms with Crippen molar-refractivity contribution in [2.24, 2.45) is 5.73 Å². The van der Waals surface area contributed by atoms with Gasteiger partial charge in [0.05, 0.1) is 23.9 Å². The fourth-order valence-corrected chi connectivity index (χ4v) is 2.99. The Hall–Kier alpha value is -2.80. The van der Waals surface area contributed by atoms with Crippen molar-refractivity contribution in [3.8, 4) is 27.8 Å². The Morgan fingerprint density at radius 1 is 1.26 bits per heavy atom. The standard InChI is InChI=1S/C16H14N4O2S/c1-9-5-6-11(14(17)21)13(19-9)16-20-12(8-23-16)10-4-3-7-18-15(10)22-2/h3-8H,1-2H3,(H2,17,21). The molecule has 3 rings (SSSR count). The van der Waals surface area contributed by atoms with Crippen LogP contribution in [0.25, 0.3) is 22.0 Å². The minimum atomic E-state index is -0.525. The maximum Gasteiger partial charge on any atom is 0.251 e. The summed E-state index contributed by atoms with van der Waals surface area (Å²) in [5, 5.41) is 2.51. The zero-order chi connectivity index (χ0) is 16.4. The third-order valence-electron chi connectivity index (χ3n) is 3.25. The highest BCUT2D eigenvalue weighted by Gasteiger charge is 2.17. The predicted molar refractivity (Wildman–Crippen MR) is 88.4 cm³/mol. The number of nitrogens with two attached hydrogens (primary N) is 1. The van der Waals surface area contributed by atoms with Crippen LogP contribution in [-0.4, -0.2) is 28.0 Å². The molecule has 3 aromatic heterocycles. The minimum absolute atomic E-state index is 0.356. The molecular weight excluding hydrogens is 312 g/mol. The van der Waals surface area contributed by atoms with Gasteiger partial charge in [-0.05, 0) is 31.2 Å². The van der Waals surface area contributed by atoms with E-state index in [2.05, 4.69) is 15.0 Å². The van der Waals surface area contributed by atoms with Gasteiger partial charge in [0, 0.05) is 17.3 Å². The van der Waals surface area contributed by atoms with Crippen LogP contribution in [0.3, 0.4) is 0 Å². The summed E-state index contributed by atoms with van der Waals surface area (Å²) in [4.78, 5) is 24.8. The molecule has 0 bridgehead atoms. The Labute approximate surface area is 137 Å². The Balaban J connectivity index is 2.10. The molecule has 0 spiro atoms. The number of nitrogens with zero attached hydrogens (tertiary/aromatic N) is 3. The highest BCUT2D eigenvalue weighted by molar-refractivity contribution is 7.13. The molecule has 0 aliphatic heterocycles. The van der Waals surface area contributed by atoms with E-state index in [-0.39, 0.29) is 0 Å². The molecule has 0 unspecified atom stereocenters. The Morgan fingerprint density at radius 2 is 2.09 bits per heavy atom. The number of aromatic nitrogens is 3. The highest BCUT2D eigenvalue weighted by atomic mass is 32.1. The van der Waals surface area contributed by atoms with Crippen LogP contribution in [0.1, 0.15) is 16.1 Å². The minimum Gasteiger partial charge on any atom is -0.481 e. The van der Waals surface area contributed by atoms with Gasteiger partial charge in [0.1, 0.15) is 10.7 Å². The highest BCUT2D eigenvalue weighted by Crippen LogP contribution is 2.33. The van der Waals surface area contributed by atoms with E-state index < -0.39 is 5.91 Å². The monoisotopic (exact) mass is 326 g/mol. The van der Waals surface area contributed by atoms with Gasteiger partial charge in [0.25, 0.3) is 5.91 Å². The van der Waals surface area contributed by atoms with E-state index in [0.29, 0.717) is 27.8 Å². The molecule has 0 atom stereocenters. The Morgan fingerprint density at radius 3 is 2.83 bits per heavy atom. The molecule has 0 radical (unpaired) electrons. The van der Waals surface area contributed by atoms with E-state index >= 15 is 0 Å². The largest absolute Gasteiger partial charge is 0.481 e. The van der Waals surface area contributed by atoms with Gasteiger partial charge >= 0.3 is 0 Å². The second-order valence-electron chi connectivity index (χ2n) is 4.81. The Bertz CT molecular complexity index is 876. The van der Waals surface area contributed by atoms with Gasteiger partial charge in [-0.2, -0.15) is 0 Å². The smallest absolute Gasteiger partial charge is 0.251 e. The Kier molecular flexibility index (Phi) is 4.03. The number of hydrogen-bond donors (Lipinski definition) is 1. The number of rotatable bonds is 4. The number of hydrogen-bond acceptors (Lipinski definition) is 6. The summed E-state index contributed by atoms with van der Waals surface area (Å²) in [6.45, 7) is 1.85. The molecule has 0 aliphatic carbocycles. The summed E-state index contributed by atoms with van der Waals surface area (Å²) in [5.41, 5.74) is 8.58. The van der Waals surface area contributed by atoms with Crippen LogP contribution in [0.2, 0.25) is 0 Å². The van der Waals surface area contributed by atoms with Crippen molar-refractivity contribution in [2.45, 2.75) is 6.92 Å². The van der Waals surface area contributed by atoms with Crippen molar-refractivity contribution in [3.05, 3.63) is 47.1 Å². The second kappa shape index (κ2) is 6.13. The lowest BCUT2D eigenvalue weighted by Crippen LogP contribution is -2.13. The molecule has 0 saturated carbocycles. The number of pyridine rings is 2. The molecular formula is C16H14N4O2S. The molecule has 3 heterocycles. The van der Waals surface area contributed by atoms with Crippen molar-refractivity contribution in [2.75, 3.05) is 7.11 Å². The van der Waals surface area contributed by atoms with E-state index in [1.165, 1.54) is 11.3 Å². The van der Waals surface area contributed by atoms with Crippen LogP contribution < -0.4 is 10.5 Å². The number of primary amides is 1. The van der Waals surface area contributed by atoms with Crippen LogP contribution >= 0.6 is 11.3 Å². The lowest BCUT2D eigenvalue weighted by atomic mass is 10.1. The molecule has 0 aliphatic rings. The summed E-state index contributed by atoms with van der Waals surface area (Å²) in [5.74, 6) is -0.0279. The van der Waals surface area contributed by atoms with E-state index in [4.69, 9.17) is 10.5 Å². The van der Waals surface area contributed by atoms with Crippen molar-refractivity contribution >= 4 is 17.2 Å². The fourth-order valence-electron chi connectivity index (χ4n) is 2.17. The average Bonchev–Trinajstić information content (AvgIpc) is 3.04. The predicted octanol–water partition coefficient (Wildman–Crippen LogP) is 2.68. The number of amides is 1. The molecule has 116 valence electrons. The molecule has 3 aromatic rings. The topological polar surface area (TPSA) is 91.0 Å². The zero-order valence-corrected chi connectivity index (χ0v) is 13.4. The van der Waals surface area contributed by atoms with Gasteiger partial charge in [-0.1, -0.05) is 0 Å². The van der Waals surface area contributed by atoms with E-state index in [0.717, 1.165) is 11.3 Å². The van der Waals surface area contributed by atoms with E-state index in [1.54, 1.807) is 25.4 Å². The van der Waals surface area contributed by atoms with Crippen LogP contribution in [0, 0.1) is 6.92 Å². The maximum atomic E-state index is 11.6. The average molecular weight is 326 g/mol. The first-order valence-corrected chi connectivity index (χ1v) is 7.71. The van der Waals surface area contributed by atoms with E-state index in [1.807, 2.05) is 24.4 Å². The molecule has 2 N–H and O–H groups in total. The van der Waals surface area contributed by atoms with Gasteiger partial charge in [0.2, 0.25) is 5.88 Å². The summed E-state index contributed by atoms with van der Waals surface area (Å²) < 4.78 is 5.26. The van der Waals surface area contributed by atoms with Crippen LogP contribution in [0.15, 0.2) is 35.8 Å². The third kappa shape index (κ3) is 2.91. The first kappa shape index (κ1) is 15.1. The molecule has 0 aromatic carbocycles. The van der Waals surface area contributed by atoms with Gasteiger partial charge in [-0.25, -0.2) is 15.0 Å². The van der Waals surface area contributed by atoms with Crippen LogP contribution in [0.4, 0.5) is 0 Å². The third-order valence-corrected chi connectivity index (χ3v) is 4.10. The molecule has 0 saturated heterocycles. The van der Waals surface area contributed by atoms with Crippen LogP contribution in [0.5, 0.6) is 5.88 Å². The number of thiazole rings is 1. The second-order valence-corrected chi connectivity index (χ2v) is 5.67. The molecule has 1 amide bonds. The van der Waals surface area contributed by atoms with Crippen molar-refractivity contribution in [1.29, 1.82) is 0 Å². The number of aryl methyl sites for hydroxylation is 1. The number of carbonyl (C=O) groups is 1. The van der Waals surface area contributed by atoms with E-state index in [9.17, 15) is 4.79 Å². The zero-order valence-electron chi connectivity index (χ0n) is 12.6. The van der Waals surface area contributed by atoms with Crippen LogP contribution in [-0.2, 0) is 0 Å². The van der Waals surface area contributed by atoms with Gasteiger partial charge < -0.3 is 10.5 Å². The molecule has 23 heavy (non-hydrogen) atoms. The fraction of sp³-hybridized carbons (Fsp3) is 0.125. The molecule has 7 heteroatoms. The summed E-state index contributed by atoms with van der Waals surface area (Å²) in [6, 6.07) is 7.12. The van der Waals surface area contributed by atoms with Crippen molar-refractivity contribution in [1.82, 2.24) is 15.0 Å². The molecule has 6 nitrogen and oxygen atoms in total. The van der Waals surface area contributed by atoms with Crippen molar-refractivity contribution < 1.29 is 9.53 Å². The summed E-state index contributed by atoms with van der Waals surface area (Å²) in [6.07, 6.45) is 1.66. The normalized spacial score (nSPS) is 10.5. The van der Waals surface area contributed by atoms with Gasteiger partial charge in [0.15, 0.2) is 0 Å². The number of ether oxygens (including phenoxy) is 1. The van der Waals surface area contributed by atoms with Gasteiger partial charge in [-0.15, -0.1) is 11.3 Å². The summed E-state index contributed by atoms with van der Waals surface area (Å²) >= 11 is 1.39. The van der Waals surface area contributed by atoms with Crippen molar-refractivity contribution in [3.63, 3.8) is 0 Å². The molecule has 0 fully saturated rings. The SMILES string of the molecule is COc1ncccc1-c1csc(-c2nc(C)ccc2C(N)=O)n1. The first-order valence-electron chi connectivity index (χ1n) is 6.83.